The standard InChI is InChI=1S/C16H16N2O6S2/c1-8(19)10-7-26-15-16(24-2,14(23)18(15)12(10)13(21)22)17-11(20)6-9-4-3-5-25-9/h3-5,15H,6-7H2,1-2H3,(H,17,20)(H,21,22)/t15-,16?/m1/s1. The van der Waals surface area contributed by atoms with Gasteiger partial charge in [0.15, 0.2) is 5.78 Å². The van der Waals surface area contributed by atoms with Gasteiger partial charge in [0.25, 0.3) is 11.6 Å². The minimum absolute atomic E-state index is 0.0710. The van der Waals surface area contributed by atoms with Gasteiger partial charge in [0.1, 0.15) is 11.1 Å². The zero-order chi connectivity index (χ0) is 19.1. The second-order valence-corrected chi connectivity index (χ2v) is 7.87. The number of carbonyl (C=O) groups is 4. The Kier molecular flexibility index (Phi) is 4.91. The molecule has 2 amide bonds. The number of carboxylic acid groups (broad SMARTS) is 1. The molecule has 0 spiro atoms. The molecule has 1 fully saturated rings. The predicted molar refractivity (Wildman–Crippen MR) is 94.3 cm³/mol. The molecule has 26 heavy (non-hydrogen) atoms. The van der Waals surface area contributed by atoms with Gasteiger partial charge in [-0.2, -0.15) is 0 Å². The van der Waals surface area contributed by atoms with E-state index < -0.39 is 34.7 Å². The Balaban J connectivity index is 1.86. The van der Waals surface area contributed by atoms with Gasteiger partial charge in [-0.05, 0) is 18.4 Å². The fourth-order valence-corrected chi connectivity index (χ4v) is 5.18. The van der Waals surface area contributed by atoms with Crippen LogP contribution >= 0.6 is 23.1 Å². The zero-order valence-corrected chi connectivity index (χ0v) is 15.6. The maximum atomic E-state index is 12.7. The minimum Gasteiger partial charge on any atom is -0.477 e. The molecule has 3 heterocycles. The third-order valence-electron chi connectivity index (χ3n) is 4.22. The summed E-state index contributed by atoms with van der Waals surface area (Å²) in [5.41, 5.74) is -1.91. The number of Topliss-reactive ketones (excluding diaryl/α,β-unsaturated/α-hetero) is 1. The number of hydrogen-bond donors (Lipinski definition) is 2. The van der Waals surface area contributed by atoms with Gasteiger partial charge >= 0.3 is 5.97 Å². The number of methoxy groups -OCH3 is 1. The van der Waals surface area contributed by atoms with Crippen molar-refractivity contribution in [3.63, 3.8) is 0 Å². The number of aliphatic carboxylic acids is 1. The van der Waals surface area contributed by atoms with Gasteiger partial charge < -0.3 is 15.2 Å². The third-order valence-corrected chi connectivity index (χ3v) is 6.41. The van der Waals surface area contributed by atoms with E-state index in [9.17, 15) is 24.3 Å². The number of β-lactam (4-membered cyclic amide) rings is 1. The molecule has 138 valence electrons. The van der Waals surface area contributed by atoms with Crippen molar-refractivity contribution >= 4 is 46.7 Å². The Bertz CT molecular complexity index is 819. The first-order chi connectivity index (χ1) is 12.3. The van der Waals surface area contributed by atoms with Crippen LogP contribution in [0.1, 0.15) is 11.8 Å². The smallest absolute Gasteiger partial charge is 0.353 e. The largest absolute Gasteiger partial charge is 0.477 e. The second kappa shape index (κ2) is 6.86. The molecule has 0 aliphatic carbocycles. The summed E-state index contributed by atoms with van der Waals surface area (Å²) in [5, 5.41) is 13.2. The summed E-state index contributed by atoms with van der Waals surface area (Å²) < 4.78 is 5.33. The molecule has 0 aromatic carbocycles. The van der Waals surface area contributed by atoms with E-state index in [-0.39, 0.29) is 23.4 Å². The Hall–Kier alpha value is -2.17. The van der Waals surface area contributed by atoms with E-state index in [2.05, 4.69) is 5.32 Å². The highest BCUT2D eigenvalue weighted by molar-refractivity contribution is 8.00. The van der Waals surface area contributed by atoms with Crippen molar-refractivity contribution in [1.29, 1.82) is 0 Å². The predicted octanol–water partition coefficient (Wildman–Crippen LogP) is 0.592. The van der Waals surface area contributed by atoms with Crippen LogP contribution < -0.4 is 5.32 Å². The first-order valence-corrected chi connectivity index (χ1v) is 9.56. The third kappa shape index (κ3) is 2.83. The summed E-state index contributed by atoms with van der Waals surface area (Å²) in [6.45, 7) is 1.26. The summed E-state index contributed by atoms with van der Waals surface area (Å²) in [5.74, 6) is -2.74. The van der Waals surface area contributed by atoms with Gasteiger partial charge in [0, 0.05) is 23.3 Å². The van der Waals surface area contributed by atoms with Crippen molar-refractivity contribution in [2.24, 2.45) is 0 Å². The number of carbonyl (C=O) groups excluding carboxylic acids is 3. The van der Waals surface area contributed by atoms with Crippen molar-refractivity contribution in [2.45, 2.75) is 24.4 Å². The van der Waals surface area contributed by atoms with Crippen molar-refractivity contribution in [3.8, 4) is 0 Å². The van der Waals surface area contributed by atoms with Crippen LogP contribution in [0.15, 0.2) is 28.8 Å². The number of fused-ring (bicyclic) bond motifs is 1. The minimum atomic E-state index is -1.64. The lowest BCUT2D eigenvalue weighted by atomic mass is 9.97. The van der Waals surface area contributed by atoms with Crippen LogP contribution in [0.2, 0.25) is 0 Å². The maximum Gasteiger partial charge on any atom is 0.353 e. The van der Waals surface area contributed by atoms with Crippen LogP contribution in [0.5, 0.6) is 0 Å². The molecule has 0 radical (unpaired) electrons. The SMILES string of the molecule is COC1(NC(=O)Cc2cccs2)C(=O)N2C(C(=O)O)=C(C(C)=O)CS[C@@H]21. The quantitative estimate of drug-likeness (QED) is 0.534. The van der Waals surface area contributed by atoms with Crippen LogP contribution in [0.25, 0.3) is 0 Å². The van der Waals surface area contributed by atoms with E-state index in [1.165, 1.54) is 37.1 Å². The Labute approximate surface area is 157 Å². The number of carboxylic acids is 1. The number of amides is 2. The normalized spacial score (nSPS) is 24.8. The number of nitrogens with one attached hydrogen (secondary N) is 1. The molecule has 2 aliphatic rings. The summed E-state index contributed by atoms with van der Waals surface area (Å²) >= 11 is 2.60. The number of hydrogen-bond acceptors (Lipinski definition) is 7. The topological polar surface area (TPSA) is 113 Å². The molecule has 10 heteroatoms. The molecule has 3 rings (SSSR count). The lowest BCUT2D eigenvalue weighted by molar-refractivity contribution is -0.192. The Morgan fingerprint density at radius 2 is 2.19 bits per heavy atom. The summed E-state index contributed by atoms with van der Waals surface area (Å²) in [6.07, 6.45) is 0.0910. The summed E-state index contributed by atoms with van der Waals surface area (Å²) in [7, 11) is 1.28. The van der Waals surface area contributed by atoms with E-state index in [4.69, 9.17) is 4.74 Å². The lowest BCUT2D eigenvalue weighted by Crippen LogP contribution is -2.80. The number of thioether (sulfide) groups is 1. The monoisotopic (exact) mass is 396 g/mol. The molecular weight excluding hydrogens is 380 g/mol. The fourth-order valence-electron chi connectivity index (χ4n) is 2.97. The van der Waals surface area contributed by atoms with Crippen molar-refractivity contribution < 1.29 is 29.0 Å². The first kappa shape index (κ1) is 18.6. The highest BCUT2D eigenvalue weighted by Gasteiger charge is 2.66. The molecule has 8 nitrogen and oxygen atoms in total. The number of thiophene rings is 1. The number of ketones is 1. The molecular formula is C16H16N2O6S2. The van der Waals surface area contributed by atoms with Crippen LogP contribution in [0, 0.1) is 0 Å². The maximum absolute atomic E-state index is 12.7. The molecule has 1 aromatic rings. The summed E-state index contributed by atoms with van der Waals surface area (Å²) in [4.78, 5) is 50.2. The first-order valence-electron chi connectivity index (χ1n) is 7.63. The van der Waals surface area contributed by atoms with E-state index in [1.54, 1.807) is 6.07 Å². The van der Waals surface area contributed by atoms with Crippen LogP contribution in [0.3, 0.4) is 0 Å². The molecule has 1 aromatic heterocycles. The van der Waals surface area contributed by atoms with E-state index in [0.717, 1.165) is 9.78 Å². The zero-order valence-electron chi connectivity index (χ0n) is 14.0. The number of ether oxygens (including phenoxy) is 1. The van der Waals surface area contributed by atoms with Crippen molar-refractivity contribution in [3.05, 3.63) is 33.7 Å². The number of rotatable bonds is 6. The van der Waals surface area contributed by atoms with Gasteiger partial charge in [0.05, 0.1) is 6.42 Å². The summed E-state index contributed by atoms with van der Waals surface area (Å²) in [6, 6.07) is 3.62. The van der Waals surface area contributed by atoms with Gasteiger partial charge in [0.2, 0.25) is 5.91 Å². The molecule has 2 atom stereocenters. The number of nitrogens with zero attached hydrogens (tertiary/aromatic N) is 1. The van der Waals surface area contributed by atoms with Crippen LogP contribution in [0.4, 0.5) is 0 Å². The lowest BCUT2D eigenvalue weighted by Gasteiger charge is -2.55. The highest BCUT2D eigenvalue weighted by atomic mass is 32.2. The molecule has 1 saturated heterocycles. The molecule has 0 saturated carbocycles. The van der Waals surface area contributed by atoms with E-state index in [0.29, 0.717) is 0 Å². The fraction of sp³-hybridized carbons (Fsp3) is 0.375. The highest BCUT2D eigenvalue weighted by Crippen LogP contribution is 2.46. The second-order valence-electron chi connectivity index (χ2n) is 5.77. The van der Waals surface area contributed by atoms with Crippen molar-refractivity contribution in [1.82, 2.24) is 10.2 Å². The van der Waals surface area contributed by atoms with Gasteiger partial charge in [-0.1, -0.05) is 6.07 Å². The van der Waals surface area contributed by atoms with Crippen LogP contribution in [-0.2, 0) is 30.3 Å². The molecule has 1 unspecified atom stereocenters. The van der Waals surface area contributed by atoms with Gasteiger partial charge in [-0.25, -0.2) is 4.79 Å². The Morgan fingerprint density at radius 1 is 1.46 bits per heavy atom. The average molecular weight is 396 g/mol. The van der Waals surface area contributed by atoms with Gasteiger partial charge in [-0.3, -0.25) is 19.3 Å². The molecule has 2 aliphatic heterocycles. The van der Waals surface area contributed by atoms with E-state index >= 15 is 0 Å². The van der Waals surface area contributed by atoms with Crippen LogP contribution in [-0.4, -0.2) is 57.5 Å². The Morgan fingerprint density at radius 3 is 2.73 bits per heavy atom. The molecule has 0 bridgehead atoms. The van der Waals surface area contributed by atoms with E-state index in [1.807, 2.05) is 11.4 Å². The van der Waals surface area contributed by atoms with Crippen molar-refractivity contribution in [2.75, 3.05) is 12.9 Å². The molecule has 2 N–H and O–H groups in total. The average Bonchev–Trinajstić information content (AvgIpc) is 3.10. The van der Waals surface area contributed by atoms with Gasteiger partial charge in [-0.15, -0.1) is 23.1 Å².